The molecule has 1 amide bonds. The third kappa shape index (κ3) is 2.56. The summed E-state index contributed by atoms with van der Waals surface area (Å²) < 4.78 is 5.41. The maximum atomic E-state index is 11.8. The van der Waals surface area contributed by atoms with Gasteiger partial charge in [0.15, 0.2) is 0 Å². The number of hydrogen-bond acceptors (Lipinski definition) is 4. The lowest BCUT2D eigenvalue weighted by Crippen LogP contribution is -2.47. The first-order valence-electron chi connectivity index (χ1n) is 7.12. The van der Waals surface area contributed by atoms with Crippen molar-refractivity contribution in [2.45, 2.75) is 18.9 Å². The van der Waals surface area contributed by atoms with Crippen molar-refractivity contribution in [3.8, 4) is 5.75 Å². The summed E-state index contributed by atoms with van der Waals surface area (Å²) in [6.45, 7) is 0. The zero-order valence-electron chi connectivity index (χ0n) is 12.3. The van der Waals surface area contributed by atoms with Crippen molar-refractivity contribution in [1.29, 1.82) is 0 Å². The minimum Gasteiger partial charge on any atom is -0.496 e. The molecule has 3 rings (SSSR count). The lowest BCUT2D eigenvalue weighted by Gasteiger charge is -2.28. The van der Waals surface area contributed by atoms with Crippen molar-refractivity contribution in [1.82, 2.24) is 0 Å². The lowest BCUT2D eigenvalue weighted by atomic mass is 9.94. The fourth-order valence-electron chi connectivity index (χ4n) is 2.77. The molecule has 5 nitrogen and oxygen atoms in total. The van der Waals surface area contributed by atoms with Crippen LogP contribution in [0.2, 0.25) is 0 Å². The van der Waals surface area contributed by atoms with E-state index in [1.165, 1.54) is 0 Å². The Balaban J connectivity index is 2.02. The van der Waals surface area contributed by atoms with Crippen LogP contribution in [0.5, 0.6) is 5.75 Å². The number of methoxy groups -OCH3 is 1. The first-order valence-corrected chi connectivity index (χ1v) is 7.12. The van der Waals surface area contributed by atoms with Crippen LogP contribution in [0.1, 0.15) is 16.7 Å². The fraction of sp³-hybridized carbons (Fsp3) is 0.235. The molecule has 0 aliphatic carbocycles. The number of hydrogen-bond donors (Lipinski definition) is 2. The third-order valence-corrected chi connectivity index (χ3v) is 3.91. The van der Waals surface area contributed by atoms with E-state index in [2.05, 4.69) is 0 Å². The van der Waals surface area contributed by atoms with Crippen LogP contribution in [0.3, 0.4) is 0 Å². The van der Waals surface area contributed by atoms with Crippen LogP contribution in [0, 0.1) is 0 Å². The van der Waals surface area contributed by atoms with Crippen LogP contribution in [0.15, 0.2) is 42.5 Å². The van der Waals surface area contributed by atoms with Crippen molar-refractivity contribution in [2.24, 2.45) is 5.73 Å². The van der Waals surface area contributed by atoms with Crippen molar-refractivity contribution in [3.05, 3.63) is 59.2 Å². The molecule has 0 spiro atoms. The van der Waals surface area contributed by atoms with Crippen LogP contribution < -0.4 is 15.5 Å². The van der Waals surface area contributed by atoms with E-state index in [1.807, 2.05) is 36.4 Å². The summed E-state index contributed by atoms with van der Waals surface area (Å²) in [5.74, 6) is 0.148. The number of carbonyl (C=O) groups is 1. The van der Waals surface area contributed by atoms with Gasteiger partial charge in [0.1, 0.15) is 5.75 Å². The van der Waals surface area contributed by atoms with Crippen LogP contribution >= 0.6 is 0 Å². The minimum absolute atomic E-state index is 0.414. The second-order valence-electron chi connectivity index (χ2n) is 5.42. The first kappa shape index (κ1) is 14.6. The zero-order chi connectivity index (χ0) is 15.7. The van der Waals surface area contributed by atoms with Crippen LogP contribution in [0.4, 0.5) is 5.69 Å². The molecule has 3 N–H and O–H groups in total. The topological polar surface area (TPSA) is 75.8 Å². The number of nitrogens with zero attached hydrogens (tertiary/aromatic N) is 1. The van der Waals surface area contributed by atoms with Gasteiger partial charge in [0.2, 0.25) is 0 Å². The Bertz CT molecular complexity index is 701. The van der Waals surface area contributed by atoms with Gasteiger partial charge in [-0.1, -0.05) is 30.3 Å². The van der Waals surface area contributed by atoms with Gasteiger partial charge in [0.05, 0.1) is 18.8 Å². The Morgan fingerprint density at radius 2 is 2.05 bits per heavy atom. The molecule has 22 heavy (non-hydrogen) atoms. The van der Waals surface area contributed by atoms with Gasteiger partial charge in [-0.25, -0.2) is 0 Å². The highest BCUT2D eigenvalue weighted by Gasteiger charge is 2.30. The summed E-state index contributed by atoms with van der Waals surface area (Å²) >= 11 is 0. The van der Waals surface area contributed by atoms with Crippen molar-refractivity contribution < 1.29 is 14.7 Å². The number of anilines is 1. The molecule has 0 unspecified atom stereocenters. The molecule has 0 radical (unpaired) electrons. The number of rotatable bonds is 3. The summed E-state index contributed by atoms with van der Waals surface area (Å²) in [5.41, 5.74) is 9.23. The van der Waals surface area contributed by atoms with E-state index in [0.717, 1.165) is 16.7 Å². The van der Waals surface area contributed by atoms with Crippen molar-refractivity contribution >= 4 is 11.6 Å². The molecule has 0 saturated carbocycles. The lowest BCUT2D eigenvalue weighted by molar-refractivity contribution is -0.125. The van der Waals surface area contributed by atoms with E-state index in [-0.39, 0.29) is 0 Å². The molecule has 5 heteroatoms. The molecule has 0 aromatic heterocycles. The molecule has 1 aliphatic heterocycles. The Morgan fingerprint density at radius 3 is 2.73 bits per heavy atom. The number of amides is 1. The first-order chi connectivity index (χ1) is 10.6. The molecular formula is C17H18N2O3. The van der Waals surface area contributed by atoms with Gasteiger partial charge in [-0.3, -0.25) is 10.0 Å². The van der Waals surface area contributed by atoms with Crippen molar-refractivity contribution in [2.75, 3.05) is 12.2 Å². The van der Waals surface area contributed by atoms with E-state index in [4.69, 9.17) is 10.5 Å². The molecule has 2 aromatic rings. The second-order valence-corrected chi connectivity index (χ2v) is 5.42. The summed E-state index contributed by atoms with van der Waals surface area (Å²) in [7, 11) is 1.58. The maximum Gasteiger partial charge on any atom is 0.267 e. The number of hydroxylamine groups is 1. The van der Waals surface area contributed by atoms with E-state index < -0.39 is 11.9 Å². The summed E-state index contributed by atoms with van der Waals surface area (Å²) in [6.07, 6.45) is 1.13. The number of nitrogens with two attached hydrogens (primary N) is 1. The van der Waals surface area contributed by atoms with E-state index in [9.17, 15) is 10.0 Å². The van der Waals surface area contributed by atoms with Crippen molar-refractivity contribution in [3.63, 3.8) is 0 Å². The highest BCUT2D eigenvalue weighted by molar-refractivity contribution is 5.98. The van der Waals surface area contributed by atoms with Gasteiger partial charge in [-0.05, 0) is 29.2 Å². The predicted molar refractivity (Wildman–Crippen MR) is 83.2 cm³/mol. The van der Waals surface area contributed by atoms with Crippen LogP contribution in [0.25, 0.3) is 0 Å². The van der Waals surface area contributed by atoms with Gasteiger partial charge in [0.25, 0.3) is 5.91 Å². The highest BCUT2D eigenvalue weighted by atomic mass is 16.5. The summed E-state index contributed by atoms with van der Waals surface area (Å²) in [6, 6.07) is 13.0. The van der Waals surface area contributed by atoms with Gasteiger partial charge < -0.3 is 10.5 Å². The standard InChI is InChI=1S/C17H18N2O3/c1-22-16-10-15-12(9-14(18)17(20)19(15)21)8-13(16)7-11-5-3-2-4-6-11/h2-6,8,10,14,21H,7,9,18H2,1H3/t14-/m0/s1. The smallest absolute Gasteiger partial charge is 0.267 e. The molecule has 0 fully saturated rings. The summed E-state index contributed by atoms with van der Waals surface area (Å²) in [5, 5.41) is 10.6. The quantitative estimate of drug-likeness (QED) is 0.849. The van der Waals surface area contributed by atoms with Gasteiger partial charge in [-0.15, -0.1) is 0 Å². The van der Waals surface area contributed by atoms with E-state index >= 15 is 0 Å². The Morgan fingerprint density at radius 1 is 1.32 bits per heavy atom. The average Bonchev–Trinajstić information content (AvgIpc) is 2.53. The maximum absolute atomic E-state index is 11.8. The molecule has 114 valence electrons. The number of fused-ring (bicyclic) bond motifs is 1. The van der Waals surface area contributed by atoms with Crippen LogP contribution in [-0.4, -0.2) is 24.3 Å². The SMILES string of the molecule is COc1cc2c(cc1Cc1ccccc1)C[C@H](N)C(=O)N2O. The molecule has 1 aliphatic rings. The van der Waals surface area contributed by atoms with Gasteiger partial charge >= 0.3 is 0 Å². The Labute approximate surface area is 128 Å². The van der Waals surface area contributed by atoms with Gasteiger partial charge in [-0.2, -0.15) is 5.06 Å². The zero-order valence-corrected chi connectivity index (χ0v) is 12.3. The summed E-state index contributed by atoms with van der Waals surface area (Å²) in [4.78, 5) is 11.8. The van der Waals surface area contributed by atoms with E-state index in [1.54, 1.807) is 13.2 Å². The predicted octanol–water partition coefficient (Wildman–Crippen LogP) is 1.89. The van der Waals surface area contributed by atoms with Gasteiger partial charge in [0, 0.05) is 12.5 Å². The number of ether oxygens (including phenoxy) is 1. The molecule has 0 saturated heterocycles. The molecule has 1 atom stereocenters. The second kappa shape index (κ2) is 5.79. The molecule has 1 heterocycles. The normalized spacial score (nSPS) is 17.3. The molecular weight excluding hydrogens is 280 g/mol. The molecule has 2 aromatic carbocycles. The Kier molecular flexibility index (Phi) is 3.83. The van der Waals surface area contributed by atoms with Crippen LogP contribution in [-0.2, 0) is 17.6 Å². The highest BCUT2D eigenvalue weighted by Crippen LogP contribution is 2.34. The number of carbonyl (C=O) groups excluding carboxylic acids is 1. The molecule has 0 bridgehead atoms. The average molecular weight is 298 g/mol. The number of benzene rings is 2. The Hall–Kier alpha value is -2.37. The fourth-order valence-corrected chi connectivity index (χ4v) is 2.77. The monoisotopic (exact) mass is 298 g/mol. The minimum atomic E-state index is -0.713. The largest absolute Gasteiger partial charge is 0.496 e. The third-order valence-electron chi connectivity index (χ3n) is 3.91. The van der Waals surface area contributed by atoms with E-state index in [0.29, 0.717) is 29.3 Å².